The Balaban J connectivity index is 2.39. The molecule has 1 fully saturated rings. The number of hydrogen-bond acceptors (Lipinski definition) is 3. The zero-order valence-electron chi connectivity index (χ0n) is 12.4. The van der Waals surface area contributed by atoms with Gasteiger partial charge in [-0.1, -0.05) is 32.8 Å². The topological polar surface area (TPSA) is 44.5 Å². The van der Waals surface area contributed by atoms with Crippen molar-refractivity contribution >= 4 is 0 Å². The molecule has 3 heteroatoms. The second kappa shape index (κ2) is 5.41. The molecular formula is C16H25NO2. The molecule has 19 heavy (non-hydrogen) atoms. The van der Waals surface area contributed by atoms with Crippen LogP contribution in [0.25, 0.3) is 0 Å². The Kier molecular flexibility index (Phi) is 4.04. The fourth-order valence-corrected chi connectivity index (χ4v) is 3.23. The Hall–Kier alpha value is -1.22. The van der Waals surface area contributed by atoms with E-state index in [4.69, 9.17) is 15.2 Å². The summed E-state index contributed by atoms with van der Waals surface area (Å²) in [7, 11) is 3.32. The SMILES string of the molecule is COc1ccc(C2(N)CCCC(C)C2C)cc1OC. The molecule has 1 aliphatic rings. The van der Waals surface area contributed by atoms with Gasteiger partial charge in [0.1, 0.15) is 0 Å². The molecule has 3 atom stereocenters. The summed E-state index contributed by atoms with van der Waals surface area (Å²) >= 11 is 0. The van der Waals surface area contributed by atoms with Crippen molar-refractivity contribution in [1.29, 1.82) is 0 Å². The predicted molar refractivity (Wildman–Crippen MR) is 77.6 cm³/mol. The average Bonchev–Trinajstić information content (AvgIpc) is 2.43. The van der Waals surface area contributed by atoms with Gasteiger partial charge in [0, 0.05) is 5.54 Å². The van der Waals surface area contributed by atoms with Gasteiger partial charge in [-0.15, -0.1) is 0 Å². The van der Waals surface area contributed by atoms with Crippen LogP contribution in [0.4, 0.5) is 0 Å². The normalized spacial score (nSPS) is 31.0. The smallest absolute Gasteiger partial charge is 0.161 e. The van der Waals surface area contributed by atoms with Crippen LogP contribution in [0.1, 0.15) is 38.7 Å². The molecule has 0 heterocycles. The van der Waals surface area contributed by atoms with Crippen molar-refractivity contribution in [3.05, 3.63) is 23.8 Å². The van der Waals surface area contributed by atoms with E-state index in [0.29, 0.717) is 11.8 Å². The first kappa shape index (κ1) is 14.2. The van der Waals surface area contributed by atoms with Gasteiger partial charge in [-0.3, -0.25) is 0 Å². The molecule has 106 valence electrons. The van der Waals surface area contributed by atoms with Crippen LogP contribution in [0.15, 0.2) is 18.2 Å². The molecule has 0 aromatic heterocycles. The van der Waals surface area contributed by atoms with Gasteiger partial charge >= 0.3 is 0 Å². The number of rotatable bonds is 3. The van der Waals surface area contributed by atoms with E-state index in [-0.39, 0.29) is 5.54 Å². The van der Waals surface area contributed by atoms with E-state index < -0.39 is 0 Å². The van der Waals surface area contributed by atoms with Crippen LogP contribution >= 0.6 is 0 Å². The van der Waals surface area contributed by atoms with Crippen LogP contribution in [-0.4, -0.2) is 14.2 Å². The Labute approximate surface area is 116 Å². The second-order valence-corrected chi connectivity index (χ2v) is 5.77. The summed E-state index contributed by atoms with van der Waals surface area (Å²) in [4.78, 5) is 0. The van der Waals surface area contributed by atoms with Crippen LogP contribution in [0.2, 0.25) is 0 Å². The second-order valence-electron chi connectivity index (χ2n) is 5.77. The number of benzene rings is 1. The summed E-state index contributed by atoms with van der Waals surface area (Å²) in [6.07, 6.45) is 3.50. The quantitative estimate of drug-likeness (QED) is 0.910. The van der Waals surface area contributed by atoms with Crippen molar-refractivity contribution in [2.24, 2.45) is 17.6 Å². The predicted octanol–water partition coefficient (Wildman–Crippen LogP) is 3.31. The highest BCUT2D eigenvalue weighted by atomic mass is 16.5. The summed E-state index contributed by atoms with van der Waals surface area (Å²) in [5.41, 5.74) is 7.64. The molecule has 0 radical (unpaired) electrons. The van der Waals surface area contributed by atoms with Crippen LogP contribution < -0.4 is 15.2 Å². The molecular weight excluding hydrogens is 238 g/mol. The fraction of sp³-hybridized carbons (Fsp3) is 0.625. The third-order valence-electron chi connectivity index (χ3n) is 4.84. The van der Waals surface area contributed by atoms with Gasteiger partial charge in [0.05, 0.1) is 14.2 Å². The third kappa shape index (κ3) is 2.44. The molecule has 0 aliphatic heterocycles. The summed E-state index contributed by atoms with van der Waals surface area (Å²) in [6, 6.07) is 6.07. The van der Waals surface area contributed by atoms with Gasteiger partial charge in [0.25, 0.3) is 0 Å². The molecule has 1 aromatic carbocycles. The van der Waals surface area contributed by atoms with E-state index in [0.717, 1.165) is 23.5 Å². The lowest BCUT2D eigenvalue weighted by atomic mass is 9.66. The van der Waals surface area contributed by atoms with Crippen LogP contribution in [-0.2, 0) is 5.54 Å². The summed E-state index contributed by atoms with van der Waals surface area (Å²) in [6.45, 7) is 4.56. The summed E-state index contributed by atoms with van der Waals surface area (Å²) in [5, 5.41) is 0. The zero-order valence-corrected chi connectivity index (χ0v) is 12.4. The largest absolute Gasteiger partial charge is 0.493 e. The Bertz CT molecular complexity index is 446. The highest BCUT2D eigenvalue weighted by molar-refractivity contribution is 5.45. The first-order valence-corrected chi connectivity index (χ1v) is 7.04. The lowest BCUT2D eigenvalue weighted by molar-refractivity contribution is 0.143. The standard InChI is InChI=1S/C16H25NO2/c1-11-6-5-9-16(17,12(11)2)13-7-8-14(18-3)15(10-13)19-4/h7-8,10-12H,5-6,9,17H2,1-4H3. The molecule has 0 amide bonds. The minimum atomic E-state index is -0.253. The first-order chi connectivity index (χ1) is 9.02. The summed E-state index contributed by atoms with van der Waals surface area (Å²) < 4.78 is 10.7. The molecule has 1 aromatic rings. The van der Waals surface area contributed by atoms with Crippen molar-refractivity contribution in [3.8, 4) is 11.5 Å². The molecule has 3 nitrogen and oxygen atoms in total. The maximum absolute atomic E-state index is 6.73. The van der Waals surface area contributed by atoms with Gasteiger partial charge in [0.15, 0.2) is 11.5 Å². The van der Waals surface area contributed by atoms with E-state index >= 15 is 0 Å². The lowest BCUT2D eigenvalue weighted by Crippen LogP contribution is -2.48. The van der Waals surface area contributed by atoms with Crippen molar-refractivity contribution in [2.75, 3.05) is 14.2 Å². The van der Waals surface area contributed by atoms with E-state index in [2.05, 4.69) is 19.9 Å². The van der Waals surface area contributed by atoms with Gasteiger partial charge in [-0.25, -0.2) is 0 Å². The van der Waals surface area contributed by atoms with E-state index in [1.54, 1.807) is 14.2 Å². The summed E-state index contributed by atoms with van der Waals surface area (Å²) in [5.74, 6) is 2.65. The van der Waals surface area contributed by atoms with E-state index in [1.165, 1.54) is 12.8 Å². The van der Waals surface area contributed by atoms with Gasteiger partial charge in [-0.05, 0) is 36.0 Å². The fourth-order valence-electron chi connectivity index (χ4n) is 3.23. The third-order valence-corrected chi connectivity index (χ3v) is 4.84. The number of hydrogen-bond donors (Lipinski definition) is 1. The highest BCUT2D eigenvalue weighted by Crippen LogP contribution is 2.44. The lowest BCUT2D eigenvalue weighted by Gasteiger charge is -2.43. The van der Waals surface area contributed by atoms with Gasteiger partial charge in [-0.2, -0.15) is 0 Å². The molecule has 0 saturated heterocycles. The number of nitrogens with two attached hydrogens (primary N) is 1. The Morgan fingerprint density at radius 1 is 1.16 bits per heavy atom. The van der Waals surface area contributed by atoms with Crippen LogP contribution in [0.3, 0.4) is 0 Å². The number of ether oxygens (including phenoxy) is 2. The maximum Gasteiger partial charge on any atom is 0.161 e. The Morgan fingerprint density at radius 2 is 1.84 bits per heavy atom. The molecule has 2 rings (SSSR count). The van der Waals surface area contributed by atoms with Crippen LogP contribution in [0, 0.1) is 11.8 Å². The highest BCUT2D eigenvalue weighted by Gasteiger charge is 2.39. The molecule has 2 N–H and O–H groups in total. The van der Waals surface area contributed by atoms with Crippen LogP contribution in [0.5, 0.6) is 11.5 Å². The van der Waals surface area contributed by atoms with Gasteiger partial charge in [0.2, 0.25) is 0 Å². The maximum atomic E-state index is 6.73. The number of methoxy groups -OCH3 is 2. The molecule has 0 bridgehead atoms. The average molecular weight is 263 g/mol. The first-order valence-electron chi connectivity index (χ1n) is 7.04. The van der Waals surface area contributed by atoms with Gasteiger partial charge < -0.3 is 15.2 Å². The Morgan fingerprint density at radius 3 is 2.47 bits per heavy atom. The monoisotopic (exact) mass is 263 g/mol. The van der Waals surface area contributed by atoms with Crippen molar-refractivity contribution < 1.29 is 9.47 Å². The molecule has 1 aliphatic carbocycles. The molecule has 1 saturated carbocycles. The zero-order chi connectivity index (χ0) is 14.0. The minimum absolute atomic E-state index is 0.253. The van der Waals surface area contributed by atoms with E-state index in [9.17, 15) is 0 Å². The molecule has 0 spiro atoms. The van der Waals surface area contributed by atoms with Crippen molar-refractivity contribution in [3.63, 3.8) is 0 Å². The van der Waals surface area contributed by atoms with E-state index in [1.807, 2.05) is 12.1 Å². The minimum Gasteiger partial charge on any atom is -0.493 e. The van der Waals surface area contributed by atoms with Crippen molar-refractivity contribution in [1.82, 2.24) is 0 Å². The van der Waals surface area contributed by atoms with Crippen molar-refractivity contribution in [2.45, 2.75) is 38.6 Å². The molecule has 3 unspecified atom stereocenters.